The predicted molar refractivity (Wildman–Crippen MR) is 73.0 cm³/mol. The molecule has 0 aromatic heterocycles. The van der Waals surface area contributed by atoms with Gasteiger partial charge in [-0.25, -0.2) is 0 Å². The molecule has 0 aliphatic heterocycles. The summed E-state index contributed by atoms with van der Waals surface area (Å²) in [4.78, 5) is 22.0. The van der Waals surface area contributed by atoms with Crippen LogP contribution < -0.4 is 11.1 Å². The molecule has 1 unspecified atom stereocenters. The Morgan fingerprint density at radius 2 is 1.95 bits per heavy atom. The molecule has 9 heteroatoms. The van der Waals surface area contributed by atoms with Gasteiger partial charge in [0, 0.05) is 5.75 Å². The number of anilines is 1. The summed E-state index contributed by atoms with van der Waals surface area (Å²) in [5.41, 5.74) is 3.96. The first-order chi connectivity index (χ1) is 9.71. The predicted octanol–water partition coefficient (Wildman–Crippen LogP) is 1.79. The zero-order valence-corrected chi connectivity index (χ0v) is 11.5. The molecule has 1 amide bonds. The van der Waals surface area contributed by atoms with Crippen molar-refractivity contribution in [1.29, 1.82) is 0 Å². The van der Waals surface area contributed by atoms with Crippen LogP contribution in [-0.4, -0.2) is 34.5 Å². The smallest absolute Gasteiger partial charge is 0.418 e. The van der Waals surface area contributed by atoms with Gasteiger partial charge in [0.15, 0.2) is 0 Å². The standard InChI is InChI=1S/C12H13F3N2O3S/c13-12(14,15)7-3-1-2-4-9(7)17-10(18)6-21-5-8(16)11(19)20/h1-4,8H,5-6,16H2,(H,17,18)(H,19,20). The Kier molecular flexibility index (Phi) is 6.03. The fourth-order valence-corrected chi connectivity index (χ4v) is 2.15. The highest BCUT2D eigenvalue weighted by Crippen LogP contribution is 2.34. The summed E-state index contributed by atoms with van der Waals surface area (Å²) >= 11 is 0.931. The maximum absolute atomic E-state index is 12.7. The number of thioether (sulfide) groups is 1. The summed E-state index contributed by atoms with van der Waals surface area (Å²) in [7, 11) is 0. The zero-order chi connectivity index (χ0) is 16.0. The number of carboxylic acids is 1. The Morgan fingerprint density at radius 3 is 2.52 bits per heavy atom. The molecular formula is C12H13F3N2O3S. The molecule has 116 valence electrons. The number of carbonyl (C=O) groups excluding carboxylic acids is 1. The number of carbonyl (C=O) groups is 2. The van der Waals surface area contributed by atoms with E-state index in [1.807, 2.05) is 0 Å². The number of nitrogens with two attached hydrogens (primary N) is 1. The second-order valence-corrected chi connectivity index (χ2v) is 5.08. The van der Waals surface area contributed by atoms with Gasteiger partial charge in [-0.05, 0) is 12.1 Å². The number of hydrogen-bond donors (Lipinski definition) is 3. The SMILES string of the molecule is NC(CSCC(=O)Nc1ccccc1C(F)(F)F)C(=O)O. The number of para-hydroxylation sites is 1. The van der Waals surface area contributed by atoms with Gasteiger partial charge >= 0.3 is 12.1 Å². The van der Waals surface area contributed by atoms with Crippen LogP contribution in [0.25, 0.3) is 0 Å². The van der Waals surface area contributed by atoms with Gasteiger partial charge in [-0.15, -0.1) is 11.8 Å². The van der Waals surface area contributed by atoms with Crippen molar-refractivity contribution in [2.45, 2.75) is 12.2 Å². The van der Waals surface area contributed by atoms with Crippen LogP contribution in [0.15, 0.2) is 24.3 Å². The fraction of sp³-hybridized carbons (Fsp3) is 0.333. The lowest BCUT2D eigenvalue weighted by molar-refractivity contribution is -0.138. The Balaban J connectivity index is 2.58. The molecule has 0 bridgehead atoms. The third kappa shape index (κ3) is 5.64. The molecule has 0 heterocycles. The molecule has 0 aliphatic rings. The summed E-state index contributed by atoms with van der Waals surface area (Å²) < 4.78 is 38.1. The summed E-state index contributed by atoms with van der Waals surface area (Å²) in [6, 6.07) is 3.49. The van der Waals surface area contributed by atoms with Crippen LogP contribution >= 0.6 is 11.8 Å². The molecule has 21 heavy (non-hydrogen) atoms. The van der Waals surface area contributed by atoms with E-state index in [2.05, 4.69) is 5.32 Å². The molecule has 0 fully saturated rings. The highest BCUT2D eigenvalue weighted by atomic mass is 32.2. The van der Waals surface area contributed by atoms with Crippen molar-refractivity contribution in [3.05, 3.63) is 29.8 Å². The van der Waals surface area contributed by atoms with E-state index in [1.54, 1.807) is 0 Å². The first-order valence-electron chi connectivity index (χ1n) is 5.74. The third-order valence-electron chi connectivity index (χ3n) is 2.35. The minimum absolute atomic E-state index is 0.0102. The lowest BCUT2D eigenvalue weighted by atomic mass is 10.1. The fourth-order valence-electron chi connectivity index (χ4n) is 1.38. The second-order valence-electron chi connectivity index (χ2n) is 4.05. The maximum Gasteiger partial charge on any atom is 0.418 e. The topological polar surface area (TPSA) is 92.4 Å². The normalized spacial score (nSPS) is 12.8. The van der Waals surface area contributed by atoms with Crippen LogP contribution in [0, 0.1) is 0 Å². The second kappa shape index (κ2) is 7.32. The average molecular weight is 322 g/mol. The lowest BCUT2D eigenvalue weighted by Gasteiger charge is -2.13. The Labute approximate surface area is 122 Å². The number of halogens is 3. The van der Waals surface area contributed by atoms with Gasteiger partial charge in [0.25, 0.3) is 0 Å². The minimum Gasteiger partial charge on any atom is -0.480 e. The van der Waals surface area contributed by atoms with Crippen LogP contribution in [0.4, 0.5) is 18.9 Å². The number of carboxylic acid groups (broad SMARTS) is 1. The Morgan fingerprint density at radius 1 is 1.33 bits per heavy atom. The quantitative estimate of drug-likeness (QED) is 0.742. The van der Waals surface area contributed by atoms with E-state index in [-0.39, 0.29) is 17.2 Å². The van der Waals surface area contributed by atoms with E-state index < -0.39 is 29.7 Å². The van der Waals surface area contributed by atoms with Crippen molar-refractivity contribution in [2.75, 3.05) is 16.8 Å². The molecule has 1 aromatic rings. The highest BCUT2D eigenvalue weighted by Gasteiger charge is 2.33. The van der Waals surface area contributed by atoms with Crippen LogP contribution in [0.3, 0.4) is 0 Å². The molecule has 1 aromatic carbocycles. The number of rotatable bonds is 6. The molecule has 4 N–H and O–H groups in total. The van der Waals surface area contributed by atoms with Gasteiger partial charge < -0.3 is 16.2 Å². The van der Waals surface area contributed by atoms with Crippen LogP contribution in [-0.2, 0) is 15.8 Å². The van der Waals surface area contributed by atoms with E-state index in [0.29, 0.717) is 0 Å². The van der Waals surface area contributed by atoms with E-state index in [1.165, 1.54) is 12.1 Å². The summed E-state index contributed by atoms with van der Waals surface area (Å²) in [5, 5.41) is 10.7. The molecule has 0 aliphatic carbocycles. The van der Waals surface area contributed by atoms with Gasteiger partial charge in [0.2, 0.25) is 5.91 Å². The first kappa shape index (κ1) is 17.3. The van der Waals surface area contributed by atoms with Gasteiger partial charge in [-0.3, -0.25) is 9.59 Å². The van der Waals surface area contributed by atoms with Crippen LogP contribution in [0.5, 0.6) is 0 Å². The van der Waals surface area contributed by atoms with E-state index in [4.69, 9.17) is 10.8 Å². The molecule has 0 saturated heterocycles. The molecule has 0 spiro atoms. The monoisotopic (exact) mass is 322 g/mol. The van der Waals surface area contributed by atoms with E-state index >= 15 is 0 Å². The van der Waals surface area contributed by atoms with Gasteiger partial charge in [0.1, 0.15) is 6.04 Å². The van der Waals surface area contributed by atoms with Gasteiger partial charge in [-0.2, -0.15) is 13.2 Å². The number of aliphatic carboxylic acids is 1. The molecule has 1 atom stereocenters. The van der Waals surface area contributed by atoms with Crippen molar-refractivity contribution >= 4 is 29.3 Å². The summed E-state index contributed by atoms with van der Waals surface area (Å²) in [5.74, 6) is -2.06. The number of alkyl halides is 3. The van der Waals surface area contributed by atoms with Crippen molar-refractivity contribution < 1.29 is 27.9 Å². The van der Waals surface area contributed by atoms with Crippen molar-refractivity contribution in [1.82, 2.24) is 0 Å². The molecule has 5 nitrogen and oxygen atoms in total. The third-order valence-corrected chi connectivity index (χ3v) is 3.42. The first-order valence-corrected chi connectivity index (χ1v) is 6.89. The lowest BCUT2D eigenvalue weighted by Crippen LogP contribution is -2.33. The molecule has 1 rings (SSSR count). The summed E-state index contributed by atoms with van der Waals surface area (Å²) in [6.45, 7) is 0. The van der Waals surface area contributed by atoms with E-state index in [9.17, 15) is 22.8 Å². The van der Waals surface area contributed by atoms with Gasteiger partial charge in [-0.1, -0.05) is 12.1 Å². The van der Waals surface area contributed by atoms with Crippen LogP contribution in [0.2, 0.25) is 0 Å². The molecule has 0 radical (unpaired) electrons. The number of benzene rings is 1. The molecule has 0 saturated carbocycles. The number of nitrogens with one attached hydrogen (secondary N) is 1. The zero-order valence-electron chi connectivity index (χ0n) is 10.7. The highest BCUT2D eigenvalue weighted by molar-refractivity contribution is 8.00. The van der Waals surface area contributed by atoms with Crippen molar-refractivity contribution in [2.24, 2.45) is 5.73 Å². The number of amides is 1. The average Bonchev–Trinajstić information content (AvgIpc) is 2.37. The largest absolute Gasteiger partial charge is 0.480 e. The summed E-state index contributed by atoms with van der Waals surface area (Å²) in [6.07, 6.45) is -4.57. The van der Waals surface area contributed by atoms with Crippen LogP contribution in [0.1, 0.15) is 5.56 Å². The van der Waals surface area contributed by atoms with Crippen molar-refractivity contribution in [3.63, 3.8) is 0 Å². The maximum atomic E-state index is 12.7. The Bertz CT molecular complexity index is 523. The minimum atomic E-state index is -4.57. The number of hydrogen-bond acceptors (Lipinski definition) is 4. The van der Waals surface area contributed by atoms with Gasteiger partial charge in [0.05, 0.1) is 17.0 Å². The molecular weight excluding hydrogens is 309 g/mol. The van der Waals surface area contributed by atoms with E-state index in [0.717, 1.165) is 23.9 Å². The van der Waals surface area contributed by atoms with Crippen molar-refractivity contribution in [3.8, 4) is 0 Å². The Hall–Kier alpha value is -1.74.